The number of hydrogen-bond donors (Lipinski definition) is 0. The van der Waals surface area contributed by atoms with Crippen LogP contribution in [0.15, 0.2) is 0 Å². The summed E-state index contributed by atoms with van der Waals surface area (Å²) in [7, 11) is 0. The first-order chi connectivity index (χ1) is 8.54. The minimum absolute atomic E-state index is 0.561. The Bertz CT molecular complexity index is 218. The largest absolute Gasteiger partial charge is 0.0654 e. The van der Waals surface area contributed by atoms with Gasteiger partial charge in [0.1, 0.15) is 0 Å². The monoisotopic (exact) mass is 252 g/mol. The highest BCUT2D eigenvalue weighted by atomic mass is 14.5. The molecule has 0 bridgehead atoms. The topological polar surface area (TPSA) is 0 Å². The van der Waals surface area contributed by atoms with E-state index >= 15 is 0 Å². The fraction of sp³-hybridized carbons (Fsp3) is 1.00. The highest BCUT2D eigenvalue weighted by molar-refractivity contribution is 4.94. The smallest absolute Gasteiger partial charge is 0.0267 e. The molecule has 0 spiro atoms. The normalized spacial score (nSPS) is 21.8. The predicted molar refractivity (Wildman–Crippen MR) is 82.9 cm³/mol. The summed E-state index contributed by atoms with van der Waals surface area (Å²) in [6.07, 6.45) is 14.4. The number of unbranched alkanes of at least 4 members (excludes halogenated alkanes) is 1. The minimum Gasteiger partial charge on any atom is -0.0654 e. The van der Waals surface area contributed by atoms with E-state index in [0.29, 0.717) is 10.8 Å². The molecular formula is C18H36. The quantitative estimate of drug-likeness (QED) is 0.479. The van der Waals surface area contributed by atoms with Crippen molar-refractivity contribution in [1.82, 2.24) is 0 Å². The van der Waals surface area contributed by atoms with Crippen LogP contribution in [0.5, 0.6) is 0 Å². The molecule has 0 heteroatoms. The maximum Gasteiger partial charge on any atom is -0.0267 e. The maximum atomic E-state index is 2.58. The lowest BCUT2D eigenvalue weighted by atomic mass is 9.55. The molecule has 0 heterocycles. The van der Waals surface area contributed by atoms with Gasteiger partial charge in [-0.3, -0.25) is 0 Å². The van der Waals surface area contributed by atoms with Gasteiger partial charge in [-0.25, -0.2) is 0 Å². The summed E-state index contributed by atoms with van der Waals surface area (Å²) >= 11 is 0. The highest BCUT2D eigenvalue weighted by Crippen LogP contribution is 2.54. The van der Waals surface area contributed by atoms with Crippen molar-refractivity contribution in [3.63, 3.8) is 0 Å². The van der Waals surface area contributed by atoms with E-state index in [4.69, 9.17) is 0 Å². The van der Waals surface area contributed by atoms with Crippen LogP contribution in [0.4, 0.5) is 0 Å². The van der Waals surface area contributed by atoms with Crippen molar-refractivity contribution in [2.75, 3.05) is 0 Å². The summed E-state index contributed by atoms with van der Waals surface area (Å²) < 4.78 is 0. The molecule has 1 rings (SSSR count). The van der Waals surface area contributed by atoms with Crippen LogP contribution >= 0.6 is 0 Å². The first kappa shape index (κ1) is 16.1. The van der Waals surface area contributed by atoms with Crippen LogP contribution in [-0.4, -0.2) is 0 Å². The molecule has 0 aliphatic heterocycles. The predicted octanol–water partition coefficient (Wildman–Crippen LogP) is 6.59. The fourth-order valence-corrected chi connectivity index (χ4v) is 4.29. The van der Waals surface area contributed by atoms with Gasteiger partial charge in [-0.2, -0.15) is 0 Å². The van der Waals surface area contributed by atoms with E-state index in [1.54, 1.807) is 0 Å². The third kappa shape index (κ3) is 3.31. The molecule has 0 saturated heterocycles. The fourth-order valence-electron chi connectivity index (χ4n) is 4.29. The first-order valence-corrected chi connectivity index (χ1v) is 8.54. The summed E-state index contributed by atoms with van der Waals surface area (Å²) in [4.78, 5) is 0. The average molecular weight is 252 g/mol. The standard InChI is InChI=1S/C18H36/c1-6-9-13-18(14-11-10-12-15-18)16(4)17(5,7-2)8-3/h16H,6-15H2,1-5H3. The van der Waals surface area contributed by atoms with Gasteiger partial charge >= 0.3 is 0 Å². The van der Waals surface area contributed by atoms with Crippen LogP contribution in [0.1, 0.15) is 98.8 Å². The third-order valence-electron chi connectivity index (χ3n) is 6.46. The summed E-state index contributed by atoms with van der Waals surface area (Å²) in [5, 5.41) is 0. The SMILES string of the molecule is CCCCC1(C(C)C(C)(CC)CC)CCCCC1. The van der Waals surface area contributed by atoms with Crippen molar-refractivity contribution in [1.29, 1.82) is 0 Å². The van der Waals surface area contributed by atoms with Crippen LogP contribution in [-0.2, 0) is 0 Å². The molecule has 0 radical (unpaired) electrons. The molecule has 1 aliphatic carbocycles. The molecule has 0 amide bonds. The Morgan fingerprint density at radius 1 is 1.00 bits per heavy atom. The van der Waals surface area contributed by atoms with E-state index in [0.717, 1.165) is 5.92 Å². The van der Waals surface area contributed by atoms with Crippen LogP contribution in [0.3, 0.4) is 0 Å². The van der Waals surface area contributed by atoms with Crippen molar-refractivity contribution in [3.05, 3.63) is 0 Å². The van der Waals surface area contributed by atoms with Crippen molar-refractivity contribution >= 4 is 0 Å². The first-order valence-electron chi connectivity index (χ1n) is 8.54. The Hall–Kier alpha value is 0. The Morgan fingerprint density at radius 3 is 2.00 bits per heavy atom. The maximum absolute atomic E-state index is 2.58. The zero-order valence-corrected chi connectivity index (χ0v) is 13.6. The van der Waals surface area contributed by atoms with E-state index < -0.39 is 0 Å². The third-order valence-corrected chi connectivity index (χ3v) is 6.46. The molecule has 18 heavy (non-hydrogen) atoms. The average Bonchev–Trinajstić information content (AvgIpc) is 2.44. The minimum atomic E-state index is 0.561. The van der Waals surface area contributed by atoms with Crippen LogP contribution < -0.4 is 0 Å². The molecule has 1 fully saturated rings. The van der Waals surface area contributed by atoms with Crippen molar-refractivity contribution in [2.45, 2.75) is 98.8 Å². The van der Waals surface area contributed by atoms with Crippen LogP contribution in [0.25, 0.3) is 0 Å². The Balaban J connectivity index is 2.87. The van der Waals surface area contributed by atoms with E-state index in [1.165, 1.54) is 64.2 Å². The molecule has 1 saturated carbocycles. The van der Waals surface area contributed by atoms with Gasteiger partial charge in [-0.05, 0) is 36.0 Å². The summed E-state index contributed by atoms with van der Waals surface area (Å²) in [6, 6.07) is 0. The Labute approximate surface area is 116 Å². The molecule has 0 nitrogen and oxygen atoms in total. The van der Waals surface area contributed by atoms with Gasteiger partial charge in [0.2, 0.25) is 0 Å². The molecule has 0 N–H and O–H groups in total. The molecule has 1 atom stereocenters. The second-order valence-electron chi connectivity index (χ2n) is 7.11. The molecule has 1 aliphatic rings. The van der Waals surface area contributed by atoms with Crippen molar-refractivity contribution < 1.29 is 0 Å². The Kier molecular flexibility index (Phi) is 6.21. The second kappa shape index (κ2) is 6.96. The lowest BCUT2D eigenvalue weighted by Crippen LogP contribution is -2.40. The second-order valence-corrected chi connectivity index (χ2v) is 7.11. The van der Waals surface area contributed by atoms with Gasteiger partial charge in [-0.1, -0.05) is 79.6 Å². The van der Waals surface area contributed by atoms with Gasteiger partial charge in [-0.15, -0.1) is 0 Å². The van der Waals surface area contributed by atoms with Gasteiger partial charge in [0.25, 0.3) is 0 Å². The lowest BCUT2D eigenvalue weighted by Gasteiger charge is -2.50. The van der Waals surface area contributed by atoms with E-state index in [9.17, 15) is 0 Å². The van der Waals surface area contributed by atoms with Gasteiger partial charge < -0.3 is 0 Å². The zero-order valence-electron chi connectivity index (χ0n) is 13.6. The van der Waals surface area contributed by atoms with E-state index in [1.807, 2.05) is 0 Å². The van der Waals surface area contributed by atoms with E-state index in [2.05, 4.69) is 34.6 Å². The van der Waals surface area contributed by atoms with Crippen LogP contribution in [0, 0.1) is 16.7 Å². The summed E-state index contributed by atoms with van der Waals surface area (Å²) in [5.74, 6) is 0.895. The molecule has 108 valence electrons. The molecule has 0 aromatic carbocycles. The van der Waals surface area contributed by atoms with Crippen molar-refractivity contribution in [2.24, 2.45) is 16.7 Å². The van der Waals surface area contributed by atoms with Gasteiger partial charge in [0.05, 0.1) is 0 Å². The van der Waals surface area contributed by atoms with Gasteiger partial charge in [0, 0.05) is 0 Å². The molecule has 0 aromatic rings. The number of rotatable bonds is 7. The Morgan fingerprint density at radius 2 is 1.56 bits per heavy atom. The molecule has 1 unspecified atom stereocenters. The lowest BCUT2D eigenvalue weighted by molar-refractivity contribution is -0.000700. The summed E-state index contributed by atoms with van der Waals surface area (Å²) in [5.41, 5.74) is 1.24. The number of hydrogen-bond acceptors (Lipinski definition) is 0. The van der Waals surface area contributed by atoms with Gasteiger partial charge in [0.15, 0.2) is 0 Å². The van der Waals surface area contributed by atoms with Crippen LogP contribution in [0.2, 0.25) is 0 Å². The zero-order chi connectivity index (χ0) is 13.6. The molecule has 0 aromatic heterocycles. The molecular weight excluding hydrogens is 216 g/mol. The highest BCUT2D eigenvalue weighted by Gasteiger charge is 2.44. The summed E-state index contributed by atoms with van der Waals surface area (Å²) in [6.45, 7) is 12.3. The van der Waals surface area contributed by atoms with E-state index in [-0.39, 0.29) is 0 Å². The van der Waals surface area contributed by atoms with Crippen molar-refractivity contribution in [3.8, 4) is 0 Å².